The van der Waals surface area contributed by atoms with E-state index in [-0.39, 0.29) is 34.3 Å². The van der Waals surface area contributed by atoms with Crippen LogP contribution in [0, 0.1) is 0 Å². The summed E-state index contributed by atoms with van der Waals surface area (Å²) in [6, 6.07) is 9.64. The van der Waals surface area contributed by atoms with Crippen molar-refractivity contribution in [3.05, 3.63) is 65.2 Å². The molecule has 0 aliphatic rings. The Morgan fingerprint density at radius 2 is 1.69 bits per heavy atom. The molecular formula is C17H14F5NO2S. The quantitative estimate of drug-likeness (QED) is 0.564. The molecule has 0 aliphatic carbocycles. The second-order valence-corrected chi connectivity index (χ2v) is 6.25. The standard InChI is InChI=1S/C17H14F5NO2S/c18-16(19)26-14-4-2-1-3-12(14)15(25)23-9-13(24)10-5-7-11(8-6-10)17(20,21)22/h1-8,13,16,24H,9H2,(H,23,25)/t13-/m1/s1. The Morgan fingerprint density at radius 3 is 2.27 bits per heavy atom. The number of carbonyl (C=O) groups excluding carboxylic acids is 1. The van der Waals surface area contributed by atoms with Crippen LogP contribution in [0.15, 0.2) is 53.4 Å². The third kappa shape index (κ3) is 5.43. The number of aliphatic hydroxyl groups is 1. The summed E-state index contributed by atoms with van der Waals surface area (Å²) in [5, 5.41) is 12.4. The average molecular weight is 391 g/mol. The van der Waals surface area contributed by atoms with Gasteiger partial charge in [0.1, 0.15) is 0 Å². The van der Waals surface area contributed by atoms with Gasteiger partial charge in [-0.1, -0.05) is 36.0 Å². The smallest absolute Gasteiger partial charge is 0.387 e. The largest absolute Gasteiger partial charge is 0.416 e. The van der Waals surface area contributed by atoms with Crippen molar-refractivity contribution in [2.75, 3.05) is 6.54 Å². The highest BCUT2D eigenvalue weighted by atomic mass is 32.2. The van der Waals surface area contributed by atoms with Gasteiger partial charge in [-0.25, -0.2) is 0 Å². The normalized spacial score (nSPS) is 12.9. The van der Waals surface area contributed by atoms with E-state index >= 15 is 0 Å². The predicted octanol–water partition coefficient (Wildman–Crippen LogP) is 4.48. The Kier molecular flexibility index (Phi) is 6.60. The molecule has 0 saturated heterocycles. The highest BCUT2D eigenvalue weighted by Crippen LogP contribution is 2.30. The molecule has 0 radical (unpaired) electrons. The number of benzene rings is 2. The number of hydrogen-bond acceptors (Lipinski definition) is 3. The summed E-state index contributed by atoms with van der Waals surface area (Å²) in [4.78, 5) is 12.2. The lowest BCUT2D eigenvalue weighted by Gasteiger charge is -2.14. The minimum Gasteiger partial charge on any atom is -0.387 e. The first kappa shape index (κ1) is 20.2. The number of thioether (sulfide) groups is 1. The van der Waals surface area contributed by atoms with E-state index in [1.165, 1.54) is 24.3 Å². The zero-order valence-corrected chi connectivity index (χ0v) is 14.0. The van der Waals surface area contributed by atoms with Crippen molar-refractivity contribution in [3.63, 3.8) is 0 Å². The number of nitrogens with one attached hydrogen (secondary N) is 1. The van der Waals surface area contributed by atoms with Crippen LogP contribution in [0.4, 0.5) is 22.0 Å². The summed E-state index contributed by atoms with van der Waals surface area (Å²) in [6.45, 7) is -0.280. The predicted molar refractivity (Wildman–Crippen MR) is 87.0 cm³/mol. The first-order chi connectivity index (χ1) is 12.2. The SMILES string of the molecule is O=C(NC[C@@H](O)c1ccc(C(F)(F)F)cc1)c1ccccc1SC(F)F. The minimum atomic E-state index is -4.48. The number of halogens is 5. The van der Waals surface area contributed by atoms with E-state index in [1.807, 2.05) is 0 Å². The van der Waals surface area contributed by atoms with Gasteiger partial charge < -0.3 is 10.4 Å². The summed E-state index contributed by atoms with van der Waals surface area (Å²) in [7, 11) is 0. The molecule has 0 unspecified atom stereocenters. The number of aliphatic hydroxyl groups excluding tert-OH is 1. The number of alkyl halides is 5. The Bertz CT molecular complexity index is 750. The molecular weight excluding hydrogens is 377 g/mol. The highest BCUT2D eigenvalue weighted by Gasteiger charge is 2.30. The lowest BCUT2D eigenvalue weighted by Crippen LogP contribution is -2.28. The average Bonchev–Trinajstić information content (AvgIpc) is 2.58. The Labute approximate surface area is 150 Å². The maximum Gasteiger partial charge on any atom is 0.416 e. The van der Waals surface area contributed by atoms with E-state index in [2.05, 4.69) is 5.32 Å². The van der Waals surface area contributed by atoms with Crippen LogP contribution in [0.25, 0.3) is 0 Å². The van der Waals surface area contributed by atoms with Crippen molar-refractivity contribution in [2.45, 2.75) is 22.9 Å². The number of hydrogen-bond donors (Lipinski definition) is 2. The van der Waals surface area contributed by atoms with Crippen LogP contribution < -0.4 is 5.32 Å². The van der Waals surface area contributed by atoms with E-state index in [0.29, 0.717) is 0 Å². The Hall–Kier alpha value is -2.13. The van der Waals surface area contributed by atoms with Crippen molar-refractivity contribution in [1.29, 1.82) is 0 Å². The van der Waals surface area contributed by atoms with Crippen LogP contribution in [0.5, 0.6) is 0 Å². The molecule has 3 nitrogen and oxygen atoms in total. The van der Waals surface area contributed by atoms with Gasteiger partial charge in [0.2, 0.25) is 0 Å². The molecule has 26 heavy (non-hydrogen) atoms. The van der Waals surface area contributed by atoms with Gasteiger partial charge in [0.25, 0.3) is 11.7 Å². The van der Waals surface area contributed by atoms with E-state index in [0.717, 1.165) is 24.3 Å². The van der Waals surface area contributed by atoms with Gasteiger partial charge in [-0.3, -0.25) is 4.79 Å². The van der Waals surface area contributed by atoms with Crippen molar-refractivity contribution in [1.82, 2.24) is 5.32 Å². The Morgan fingerprint density at radius 1 is 1.08 bits per heavy atom. The molecule has 1 atom stereocenters. The summed E-state index contributed by atoms with van der Waals surface area (Å²) < 4.78 is 62.6. The molecule has 0 saturated carbocycles. The highest BCUT2D eigenvalue weighted by molar-refractivity contribution is 7.99. The van der Waals surface area contributed by atoms with Gasteiger partial charge in [0.05, 0.1) is 17.2 Å². The number of rotatable bonds is 6. The molecule has 0 heterocycles. The van der Waals surface area contributed by atoms with Crippen LogP contribution in [0.2, 0.25) is 0 Å². The second-order valence-electron chi connectivity index (χ2n) is 5.22. The molecule has 0 bridgehead atoms. The molecule has 0 fully saturated rings. The third-order valence-corrected chi connectivity index (χ3v) is 4.21. The van der Waals surface area contributed by atoms with Gasteiger partial charge in [-0.15, -0.1) is 0 Å². The third-order valence-electron chi connectivity index (χ3n) is 3.43. The van der Waals surface area contributed by atoms with E-state index < -0.39 is 29.5 Å². The van der Waals surface area contributed by atoms with Gasteiger partial charge in [0, 0.05) is 11.4 Å². The van der Waals surface area contributed by atoms with E-state index in [1.54, 1.807) is 0 Å². The molecule has 0 aliphatic heterocycles. The summed E-state index contributed by atoms with van der Waals surface area (Å²) >= 11 is 0.225. The fourth-order valence-electron chi connectivity index (χ4n) is 2.15. The molecule has 0 aromatic heterocycles. The van der Waals surface area contributed by atoms with E-state index in [4.69, 9.17) is 0 Å². The van der Waals surface area contributed by atoms with Crippen molar-refractivity contribution in [3.8, 4) is 0 Å². The maximum atomic E-state index is 12.5. The minimum absolute atomic E-state index is 0.0254. The van der Waals surface area contributed by atoms with Crippen molar-refractivity contribution >= 4 is 17.7 Å². The summed E-state index contributed by atoms with van der Waals surface area (Å²) in [6.07, 6.45) is -5.72. The fraction of sp³-hybridized carbons (Fsp3) is 0.235. The van der Waals surface area contributed by atoms with Crippen molar-refractivity contribution < 1.29 is 31.9 Å². The first-order valence-corrected chi connectivity index (χ1v) is 8.23. The van der Waals surface area contributed by atoms with Crippen LogP contribution >= 0.6 is 11.8 Å². The van der Waals surface area contributed by atoms with Gasteiger partial charge in [0.15, 0.2) is 0 Å². The number of amides is 1. The Balaban J connectivity index is 2.01. The van der Waals surface area contributed by atoms with Gasteiger partial charge in [-0.2, -0.15) is 22.0 Å². The molecule has 140 valence electrons. The fourth-order valence-corrected chi connectivity index (χ4v) is 2.79. The molecule has 9 heteroatoms. The second kappa shape index (κ2) is 8.50. The number of carbonyl (C=O) groups is 1. The monoisotopic (exact) mass is 391 g/mol. The van der Waals surface area contributed by atoms with Crippen LogP contribution in [-0.4, -0.2) is 23.3 Å². The molecule has 0 spiro atoms. The molecule has 1 amide bonds. The van der Waals surface area contributed by atoms with Crippen LogP contribution in [0.1, 0.15) is 27.6 Å². The zero-order valence-electron chi connectivity index (χ0n) is 13.1. The van der Waals surface area contributed by atoms with Crippen LogP contribution in [-0.2, 0) is 6.18 Å². The van der Waals surface area contributed by atoms with Gasteiger partial charge in [-0.05, 0) is 29.8 Å². The lowest BCUT2D eigenvalue weighted by molar-refractivity contribution is -0.137. The summed E-state index contributed by atoms with van der Waals surface area (Å²) in [5.74, 6) is -3.36. The molecule has 2 aromatic carbocycles. The van der Waals surface area contributed by atoms with E-state index in [9.17, 15) is 31.9 Å². The molecule has 2 aromatic rings. The molecule has 2 rings (SSSR count). The van der Waals surface area contributed by atoms with Crippen molar-refractivity contribution in [2.24, 2.45) is 0 Å². The maximum absolute atomic E-state index is 12.5. The first-order valence-electron chi connectivity index (χ1n) is 7.35. The van der Waals surface area contributed by atoms with Crippen LogP contribution in [0.3, 0.4) is 0 Å². The topological polar surface area (TPSA) is 49.3 Å². The zero-order chi connectivity index (χ0) is 19.3. The lowest BCUT2D eigenvalue weighted by atomic mass is 10.1. The summed E-state index contributed by atoms with van der Waals surface area (Å²) in [5.41, 5.74) is -0.638. The molecule has 2 N–H and O–H groups in total. The van der Waals surface area contributed by atoms with Gasteiger partial charge >= 0.3 is 6.18 Å².